The second kappa shape index (κ2) is 15.7. The molecule has 1 aliphatic rings. The third kappa shape index (κ3) is 10.6. The van der Waals surface area contributed by atoms with E-state index in [0.29, 0.717) is 38.8 Å². The molecule has 36 heavy (non-hydrogen) atoms. The Kier molecular flexibility index (Phi) is 13.5. The summed E-state index contributed by atoms with van der Waals surface area (Å²) in [5.74, 6) is -1.85. The minimum absolute atomic E-state index is 0.140. The largest absolute Gasteiger partial charge is 0.355 e. The van der Waals surface area contributed by atoms with Crippen molar-refractivity contribution in [3.8, 4) is 0 Å². The second-order valence-electron chi connectivity index (χ2n) is 9.48. The van der Waals surface area contributed by atoms with E-state index in [1.165, 1.54) is 4.90 Å². The SMILES string of the molecule is CCNC(=O)C(CCCNC(N)=O)NC(=O)C(NC(=O)CCCCCN1C(=O)CC(C)C1=O)C(C)C. The van der Waals surface area contributed by atoms with Gasteiger partial charge >= 0.3 is 6.03 Å². The maximum atomic E-state index is 12.9. The fraction of sp³-hybridized carbons (Fsp3) is 0.750. The third-order valence-electron chi connectivity index (χ3n) is 5.97. The molecule has 1 heterocycles. The van der Waals surface area contributed by atoms with E-state index in [-0.39, 0.29) is 61.3 Å². The van der Waals surface area contributed by atoms with E-state index in [0.717, 1.165) is 0 Å². The first kappa shape index (κ1) is 30.9. The zero-order valence-electron chi connectivity index (χ0n) is 21.9. The molecule has 1 saturated heterocycles. The van der Waals surface area contributed by atoms with Gasteiger partial charge < -0.3 is 27.0 Å². The first-order valence-corrected chi connectivity index (χ1v) is 12.7. The summed E-state index contributed by atoms with van der Waals surface area (Å²) in [5.41, 5.74) is 5.04. The molecule has 3 atom stereocenters. The van der Waals surface area contributed by atoms with Crippen LogP contribution in [0.2, 0.25) is 0 Å². The highest BCUT2D eigenvalue weighted by atomic mass is 16.2. The van der Waals surface area contributed by atoms with Crippen molar-refractivity contribution in [3.05, 3.63) is 0 Å². The normalized spacial score (nSPS) is 17.0. The van der Waals surface area contributed by atoms with Crippen LogP contribution in [0.25, 0.3) is 0 Å². The van der Waals surface area contributed by atoms with Crippen LogP contribution in [-0.2, 0) is 24.0 Å². The molecule has 0 aromatic rings. The lowest BCUT2D eigenvalue weighted by atomic mass is 10.0. The zero-order valence-corrected chi connectivity index (χ0v) is 21.9. The van der Waals surface area contributed by atoms with Crippen LogP contribution >= 0.6 is 0 Å². The molecule has 12 heteroatoms. The smallest absolute Gasteiger partial charge is 0.312 e. The summed E-state index contributed by atoms with van der Waals surface area (Å²) in [7, 11) is 0. The quantitative estimate of drug-likeness (QED) is 0.146. The Morgan fingerprint density at radius 3 is 2.25 bits per heavy atom. The van der Waals surface area contributed by atoms with Crippen molar-refractivity contribution in [2.24, 2.45) is 17.6 Å². The fourth-order valence-corrected chi connectivity index (χ4v) is 3.94. The summed E-state index contributed by atoms with van der Waals surface area (Å²) in [5, 5.41) is 10.6. The Labute approximate surface area is 212 Å². The summed E-state index contributed by atoms with van der Waals surface area (Å²) in [6.45, 7) is 8.13. The molecule has 6 N–H and O–H groups in total. The van der Waals surface area contributed by atoms with Crippen molar-refractivity contribution in [1.29, 1.82) is 0 Å². The van der Waals surface area contributed by atoms with Crippen molar-refractivity contribution in [2.45, 2.75) is 84.7 Å². The first-order chi connectivity index (χ1) is 17.0. The van der Waals surface area contributed by atoms with Gasteiger partial charge in [-0.2, -0.15) is 0 Å². The topological polar surface area (TPSA) is 180 Å². The minimum atomic E-state index is -0.820. The van der Waals surface area contributed by atoms with Gasteiger partial charge in [0.25, 0.3) is 0 Å². The summed E-state index contributed by atoms with van der Waals surface area (Å²) in [6, 6.07) is -2.30. The molecular weight excluding hydrogens is 468 g/mol. The van der Waals surface area contributed by atoms with E-state index in [2.05, 4.69) is 21.3 Å². The molecule has 1 aliphatic heterocycles. The summed E-state index contributed by atoms with van der Waals surface area (Å²) >= 11 is 0. The molecule has 0 radical (unpaired) electrons. The van der Waals surface area contributed by atoms with E-state index < -0.39 is 24.0 Å². The monoisotopic (exact) mass is 510 g/mol. The summed E-state index contributed by atoms with van der Waals surface area (Å²) < 4.78 is 0. The van der Waals surface area contributed by atoms with Crippen LogP contribution in [0.5, 0.6) is 0 Å². The van der Waals surface area contributed by atoms with Gasteiger partial charge in [0, 0.05) is 38.4 Å². The molecule has 0 bridgehead atoms. The minimum Gasteiger partial charge on any atom is -0.355 e. The van der Waals surface area contributed by atoms with Crippen LogP contribution in [0.4, 0.5) is 4.79 Å². The Bertz CT molecular complexity index is 802. The van der Waals surface area contributed by atoms with Crippen molar-refractivity contribution in [1.82, 2.24) is 26.2 Å². The van der Waals surface area contributed by atoms with Gasteiger partial charge in [-0.25, -0.2) is 4.79 Å². The number of likely N-dealkylation sites (tertiary alicyclic amines) is 1. The number of nitrogens with one attached hydrogen (secondary N) is 4. The number of rotatable bonds is 16. The van der Waals surface area contributed by atoms with Crippen LogP contribution in [0.15, 0.2) is 0 Å². The Hall–Kier alpha value is -3.18. The number of hydrogen-bond acceptors (Lipinski definition) is 6. The van der Waals surface area contributed by atoms with E-state index in [1.54, 1.807) is 27.7 Å². The molecular formula is C24H42N6O6. The van der Waals surface area contributed by atoms with Gasteiger partial charge in [0.15, 0.2) is 0 Å². The number of carbonyl (C=O) groups excluding carboxylic acids is 6. The van der Waals surface area contributed by atoms with E-state index in [1.807, 2.05) is 0 Å². The average Bonchev–Trinajstić information content (AvgIpc) is 3.04. The van der Waals surface area contributed by atoms with Gasteiger partial charge in [-0.05, 0) is 38.5 Å². The average molecular weight is 511 g/mol. The summed E-state index contributed by atoms with van der Waals surface area (Å²) in [4.78, 5) is 73.7. The standard InChI is InChI=1S/C24H42N6O6/c1-5-26-21(33)17(10-9-12-27-24(25)36)28-22(34)20(15(2)3)29-18(31)11-7-6-8-13-30-19(32)14-16(4)23(30)35/h15-17,20H,5-14H2,1-4H3,(H,26,33)(H,28,34)(H,29,31)(H3,25,27,36). The fourth-order valence-electron chi connectivity index (χ4n) is 3.94. The number of unbranched alkanes of at least 4 members (excludes halogenated alkanes) is 2. The molecule has 204 valence electrons. The highest BCUT2D eigenvalue weighted by molar-refractivity contribution is 6.03. The molecule has 0 aliphatic carbocycles. The second-order valence-corrected chi connectivity index (χ2v) is 9.48. The molecule has 0 aromatic carbocycles. The summed E-state index contributed by atoms with van der Waals surface area (Å²) in [6.07, 6.45) is 3.01. The Balaban J connectivity index is 2.52. The van der Waals surface area contributed by atoms with Crippen molar-refractivity contribution >= 4 is 35.6 Å². The third-order valence-corrected chi connectivity index (χ3v) is 5.97. The highest BCUT2D eigenvalue weighted by Crippen LogP contribution is 2.19. The maximum absolute atomic E-state index is 12.9. The zero-order chi connectivity index (χ0) is 27.3. The first-order valence-electron chi connectivity index (χ1n) is 12.7. The Morgan fingerprint density at radius 2 is 1.69 bits per heavy atom. The molecule has 0 saturated carbocycles. The highest BCUT2D eigenvalue weighted by Gasteiger charge is 2.34. The molecule has 0 aromatic heterocycles. The lowest BCUT2D eigenvalue weighted by molar-refractivity contribution is -0.139. The van der Waals surface area contributed by atoms with Crippen molar-refractivity contribution in [3.63, 3.8) is 0 Å². The molecule has 0 spiro atoms. The number of nitrogens with two attached hydrogens (primary N) is 1. The number of urea groups is 1. The van der Waals surface area contributed by atoms with Crippen LogP contribution < -0.4 is 27.0 Å². The van der Waals surface area contributed by atoms with Crippen LogP contribution in [0.1, 0.15) is 72.6 Å². The van der Waals surface area contributed by atoms with Gasteiger partial charge in [0.05, 0.1) is 0 Å². The number of hydrogen-bond donors (Lipinski definition) is 5. The van der Waals surface area contributed by atoms with Gasteiger partial charge in [-0.15, -0.1) is 0 Å². The molecule has 1 fully saturated rings. The predicted octanol–water partition coefficient (Wildman–Crippen LogP) is 0.152. The van der Waals surface area contributed by atoms with Crippen LogP contribution in [-0.4, -0.2) is 72.2 Å². The predicted molar refractivity (Wildman–Crippen MR) is 133 cm³/mol. The van der Waals surface area contributed by atoms with Gasteiger partial charge in [-0.1, -0.05) is 27.2 Å². The van der Waals surface area contributed by atoms with Gasteiger partial charge in [0.1, 0.15) is 12.1 Å². The van der Waals surface area contributed by atoms with Crippen LogP contribution in [0.3, 0.4) is 0 Å². The van der Waals surface area contributed by atoms with Crippen molar-refractivity contribution < 1.29 is 28.8 Å². The number of amides is 7. The maximum Gasteiger partial charge on any atom is 0.312 e. The van der Waals surface area contributed by atoms with E-state index >= 15 is 0 Å². The number of nitrogens with zero attached hydrogens (tertiary/aromatic N) is 1. The van der Waals surface area contributed by atoms with Gasteiger partial charge in [-0.3, -0.25) is 28.9 Å². The Morgan fingerprint density at radius 1 is 1.00 bits per heavy atom. The lowest BCUT2D eigenvalue weighted by Gasteiger charge is -2.25. The van der Waals surface area contributed by atoms with Crippen molar-refractivity contribution in [2.75, 3.05) is 19.6 Å². The molecule has 12 nitrogen and oxygen atoms in total. The van der Waals surface area contributed by atoms with Crippen LogP contribution in [0, 0.1) is 11.8 Å². The number of carbonyl (C=O) groups is 6. The number of primary amides is 1. The molecule has 7 amide bonds. The number of imide groups is 1. The molecule has 1 rings (SSSR count). The number of likely N-dealkylation sites (N-methyl/N-ethyl adjacent to an activating group) is 1. The van der Waals surface area contributed by atoms with E-state index in [9.17, 15) is 28.8 Å². The molecule has 3 unspecified atom stereocenters. The lowest BCUT2D eigenvalue weighted by Crippen LogP contribution is -2.55. The van der Waals surface area contributed by atoms with Gasteiger partial charge in [0.2, 0.25) is 29.5 Å². The van der Waals surface area contributed by atoms with E-state index in [4.69, 9.17) is 5.73 Å².